The highest BCUT2D eigenvalue weighted by atomic mass is 16.6. The van der Waals surface area contributed by atoms with Crippen molar-refractivity contribution < 1.29 is 48.7 Å². The van der Waals surface area contributed by atoms with E-state index < -0.39 is 36.4 Å². The molecule has 0 spiro atoms. The number of methoxy groups -OCH3 is 2. The van der Waals surface area contributed by atoms with E-state index in [9.17, 15) is 24.6 Å². The van der Waals surface area contributed by atoms with Crippen molar-refractivity contribution >= 4 is 30.1 Å². The SMILES string of the molecule is COc1ccc(C(=O)OC(c2ccc(/C=C/C(=O)O)cc2)C(OC(=O)c2ccc(OC)cc2)c2ccc(/C=C/C(O)O)cc2)cc1. The average molecular weight is 625 g/mol. The Bertz CT molecular complexity index is 1670. The Morgan fingerprint density at radius 3 is 1.33 bits per heavy atom. The van der Waals surface area contributed by atoms with Crippen LogP contribution in [-0.4, -0.2) is 53.7 Å². The zero-order valence-corrected chi connectivity index (χ0v) is 25.0. The van der Waals surface area contributed by atoms with Crippen LogP contribution < -0.4 is 9.47 Å². The fourth-order valence-electron chi connectivity index (χ4n) is 4.39. The summed E-state index contributed by atoms with van der Waals surface area (Å²) >= 11 is 0. The topological polar surface area (TPSA) is 149 Å². The molecule has 0 aliphatic carbocycles. The fraction of sp³-hybridized carbons (Fsp3) is 0.139. The summed E-state index contributed by atoms with van der Waals surface area (Å²) in [6.45, 7) is 0. The van der Waals surface area contributed by atoms with E-state index in [2.05, 4.69) is 0 Å². The van der Waals surface area contributed by atoms with Crippen LogP contribution in [0.25, 0.3) is 12.2 Å². The highest BCUT2D eigenvalue weighted by Gasteiger charge is 2.33. The molecule has 46 heavy (non-hydrogen) atoms. The van der Waals surface area contributed by atoms with Crippen molar-refractivity contribution in [2.45, 2.75) is 18.5 Å². The molecule has 10 heteroatoms. The van der Waals surface area contributed by atoms with Gasteiger partial charge in [-0.15, -0.1) is 0 Å². The van der Waals surface area contributed by atoms with E-state index >= 15 is 0 Å². The first kappa shape index (κ1) is 33.2. The molecule has 0 saturated carbocycles. The van der Waals surface area contributed by atoms with Crippen LogP contribution in [0.4, 0.5) is 0 Å². The van der Waals surface area contributed by atoms with Gasteiger partial charge in [-0.2, -0.15) is 0 Å². The van der Waals surface area contributed by atoms with Crippen LogP contribution in [0.15, 0.2) is 109 Å². The zero-order valence-electron chi connectivity index (χ0n) is 25.0. The normalized spacial score (nSPS) is 12.5. The first-order valence-corrected chi connectivity index (χ1v) is 14.0. The number of benzene rings is 4. The maximum absolute atomic E-state index is 13.5. The highest BCUT2D eigenvalue weighted by Crippen LogP contribution is 2.37. The molecular formula is C36H32O10. The van der Waals surface area contributed by atoms with E-state index in [0.717, 1.165) is 6.08 Å². The number of aliphatic hydroxyl groups is 2. The second-order valence-electron chi connectivity index (χ2n) is 9.89. The number of esters is 2. The lowest BCUT2D eigenvalue weighted by atomic mass is 9.95. The largest absolute Gasteiger partial charge is 0.497 e. The molecule has 0 amide bonds. The van der Waals surface area contributed by atoms with Gasteiger partial charge < -0.3 is 34.3 Å². The number of carboxylic acid groups (broad SMARTS) is 1. The molecule has 0 radical (unpaired) electrons. The molecule has 0 saturated heterocycles. The average Bonchev–Trinajstić information content (AvgIpc) is 3.08. The zero-order chi connectivity index (χ0) is 33.1. The van der Waals surface area contributed by atoms with Crippen LogP contribution in [0.3, 0.4) is 0 Å². The predicted molar refractivity (Wildman–Crippen MR) is 169 cm³/mol. The lowest BCUT2D eigenvalue weighted by Crippen LogP contribution is -2.23. The molecule has 4 aromatic rings. The van der Waals surface area contributed by atoms with E-state index in [-0.39, 0.29) is 11.1 Å². The molecule has 0 heterocycles. The van der Waals surface area contributed by atoms with Crippen LogP contribution in [0, 0.1) is 0 Å². The van der Waals surface area contributed by atoms with E-state index in [1.165, 1.54) is 32.4 Å². The number of rotatable bonds is 13. The number of hydrogen-bond acceptors (Lipinski definition) is 9. The van der Waals surface area contributed by atoms with Crippen LogP contribution in [0.5, 0.6) is 11.5 Å². The summed E-state index contributed by atoms with van der Waals surface area (Å²) in [6.07, 6.45) is 1.18. The van der Waals surface area contributed by atoms with Crippen molar-refractivity contribution in [3.05, 3.63) is 143 Å². The minimum Gasteiger partial charge on any atom is -0.497 e. The summed E-state index contributed by atoms with van der Waals surface area (Å²) in [7, 11) is 3.02. The van der Waals surface area contributed by atoms with Gasteiger partial charge in [0.1, 0.15) is 11.5 Å². The van der Waals surface area contributed by atoms with Crippen LogP contribution in [-0.2, 0) is 14.3 Å². The van der Waals surface area contributed by atoms with Gasteiger partial charge in [-0.3, -0.25) is 0 Å². The monoisotopic (exact) mass is 624 g/mol. The number of hydrogen-bond donors (Lipinski definition) is 3. The second kappa shape index (κ2) is 15.8. The molecule has 4 aromatic carbocycles. The maximum atomic E-state index is 13.5. The quantitative estimate of drug-likeness (QED) is 0.0972. The van der Waals surface area contributed by atoms with Gasteiger partial charge in [-0.25, -0.2) is 14.4 Å². The van der Waals surface area contributed by atoms with E-state index in [4.69, 9.17) is 24.1 Å². The van der Waals surface area contributed by atoms with E-state index in [1.54, 1.807) is 97.1 Å². The van der Waals surface area contributed by atoms with Gasteiger partial charge in [0, 0.05) is 6.08 Å². The minimum atomic E-state index is -1.63. The van der Waals surface area contributed by atoms with Gasteiger partial charge in [0.05, 0.1) is 25.3 Å². The summed E-state index contributed by atoms with van der Waals surface area (Å²) in [5.41, 5.74) is 2.63. The van der Waals surface area contributed by atoms with Gasteiger partial charge in [0.2, 0.25) is 0 Å². The first-order valence-electron chi connectivity index (χ1n) is 14.0. The van der Waals surface area contributed by atoms with Gasteiger partial charge in [-0.05, 0) is 82.9 Å². The molecule has 2 unspecified atom stereocenters. The third kappa shape index (κ3) is 9.15. The summed E-state index contributed by atoms with van der Waals surface area (Å²) in [5, 5.41) is 27.4. The molecule has 0 aromatic heterocycles. The van der Waals surface area contributed by atoms with Crippen molar-refractivity contribution in [3.63, 3.8) is 0 Å². The Morgan fingerprint density at radius 1 is 0.587 bits per heavy atom. The third-order valence-corrected chi connectivity index (χ3v) is 6.80. The number of carbonyl (C=O) groups excluding carboxylic acids is 2. The highest BCUT2D eigenvalue weighted by molar-refractivity contribution is 5.91. The second-order valence-corrected chi connectivity index (χ2v) is 9.89. The number of aliphatic hydroxyl groups excluding tert-OH is 1. The van der Waals surface area contributed by atoms with Crippen molar-refractivity contribution in [1.82, 2.24) is 0 Å². The molecule has 2 atom stereocenters. The standard InChI is InChI=1S/C36H32O10/c1-43-29-17-13-27(14-18-29)35(41)45-33(25-9-3-23(4-10-25)7-21-31(37)38)34(26-11-5-24(6-12-26)8-22-32(39)40)46-36(42)28-15-19-30(44-2)20-16-28/h3-22,31,33-34,37-38H,1-2H3,(H,39,40)/b21-7+,22-8+. The molecule has 4 rings (SSSR count). The van der Waals surface area contributed by atoms with Crippen molar-refractivity contribution in [3.8, 4) is 11.5 Å². The molecule has 0 aliphatic heterocycles. The van der Waals surface area contributed by atoms with Crippen LogP contribution >= 0.6 is 0 Å². The lowest BCUT2D eigenvalue weighted by Gasteiger charge is -2.28. The molecule has 0 fully saturated rings. The lowest BCUT2D eigenvalue weighted by molar-refractivity contribution is -0.131. The number of carboxylic acids is 1. The van der Waals surface area contributed by atoms with Crippen molar-refractivity contribution in [2.75, 3.05) is 14.2 Å². The summed E-state index contributed by atoms with van der Waals surface area (Å²) in [5.74, 6) is -1.39. The molecule has 10 nitrogen and oxygen atoms in total. The maximum Gasteiger partial charge on any atom is 0.338 e. The van der Waals surface area contributed by atoms with Crippen molar-refractivity contribution in [2.24, 2.45) is 0 Å². The Morgan fingerprint density at radius 2 is 0.978 bits per heavy atom. The molecule has 0 aliphatic rings. The Balaban J connectivity index is 1.78. The first-order chi connectivity index (χ1) is 22.2. The van der Waals surface area contributed by atoms with E-state index in [0.29, 0.717) is 33.8 Å². The van der Waals surface area contributed by atoms with Gasteiger partial charge >= 0.3 is 17.9 Å². The number of carbonyl (C=O) groups is 3. The Labute approximate surface area is 265 Å². The smallest absolute Gasteiger partial charge is 0.338 e. The van der Waals surface area contributed by atoms with Gasteiger partial charge in [-0.1, -0.05) is 54.6 Å². The summed E-state index contributed by atoms with van der Waals surface area (Å²) < 4.78 is 22.5. The summed E-state index contributed by atoms with van der Waals surface area (Å²) in [4.78, 5) is 38.0. The van der Waals surface area contributed by atoms with Gasteiger partial charge in [0.15, 0.2) is 18.5 Å². The van der Waals surface area contributed by atoms with E-state index in [1.807, 2.05) is 0 Å². The Hall–Kier alpha value is -5.71. The Kier molecular flexibility index (Phi) is 11.4. The number of ether oxygens (including phenoxy) is 4. The van der Waals surface area contributed by atoms with Gasteiger partial charge in [0.25, 0.3) is 0 Å². The van der Waals surface area contributed by atoms with Crippen molar-refractivity contribution in [1.29, 1.82) is 0 Å². The minimum absolute atomic E-state index is 0.232. The molecule has 0 bridgehead atoms. The van der Waals surface area contributed by atoms with Crippen LogP contribution in [0.2, 0.25) is 0 Å². The number of aliphatic carboxylic acids is 1. The van der Waals surface area contributed by atoms with Crippen LogP contribution in [0.1, 0.15) is 55.2 Å². The fourth-order valence-corrected chi connectivity index (χ4v) is 4.39. The predicted octanol–water partition coefficient (Wildman–Crippen LogP) is 5.62. The molecule has 236 valence electrons. The molecular weight excluding hydrogens is 592 g/mol. The molecule has 3 N–H and O–H groups in total. The summed E-state index contributed by atoms with van der Waals surface area (Å²) in [6, 6.07) is 26.0. The third-order valence-electron chi connectivity index (χ3n) is 6.80.